The molecule has 1 saturated carbocycles. The van der Waals surface area contributed by atoms with E-state index in [0.29, 0.717) is 30.4 Å². The molecule has 26 heavy (non-hydrogen) atoms. The summed E-state index contributed by atoms with van der Waals surface area (Å²) in [5.74, 6) is -0.661. The van der Waals surface area contributed by atoms with Crippen LogP contribution in [0.15, 0.2) is 6.20 Å². The Bertz CT molecular complexity index is 667. The first-order chi connectivity index (χ1) is 12.5. The van der Waals surface area contributed by atoms with Gasteiger partial charge in [-0.15, -0.1) is 5.10 Å². The van der Waals surface area contributed by atoms with Gasteiger partial charge in [0.1, 0.15) is 6.20 Å². The average Bonchev–Trinajstić information content (AvgIpc) is 3.07. The number of primary amides is 1. The standard InChI is InChI=1S/C15H22N6O5/c16-14(22)13-12(21(24)25)9-20(18-13)26-15(23)19-7-6-17-8-11(19)10-4-2-1-3-5-10/h9-11,17H,1-8H2,(H2,16,22). The van der Waals surface area contributed by atoms with E-state index >= 15 is 0 Å². The Morgan fingerprint density at radius 3 is 2.69 bits per heavy atom. The van der Waals surface area contributed by atoms with Gasteiger partial charge in [-0.2, -0.15) is 0 Å². The van der Waals surface area contributed by atoms with Crippen LogP contribution in [0.2, 0.25) is 0 Å². The molecule has 2 fully saturated rings. The van der Waals surface area contributed by atoms with Crippen molar-refractivity contribution in [3.05, 3.63) is 22.0 Å². The number of rotatable bonds is 4. The molecule has 1 unspecified atom stereocenters. The summed E-state index contributed by atoms with van der Waals surface area (Å²) in [6.45, 7) is 1.81. The molecule has 1 atom stereocenters. The zero-order chi connectivity index (χ0) is 18.7. The largest absolute Gasteiger partial charge is 0.436 e. The number of amides is 2. The van der Waals surface area contributed by atoms with Crippen molar-refractivity contribution in [2.75, 3.05) is 19.6 Å². The third kappa shape index (κ3) is 3.77. The lowest BCUT2D eigenvalue weighted by atomic mass is 9.82. The summed E-state index contributed by atoms with van der Waals surface area (Å²) in [7, 11) is 0. The Morgan fingerprint density at radius 1 is 1.35 bits per heavy atom. The number of piperazine rings is 1. The van der Waals surface area contributed by atoms with Gasteiger partial charge in [0.05, 0.1) is 11.0 Å². The number of carbonyl (C=O) groups is 2. The minimum absolute atomic E-state index is 0.0118. The molecule has 2 heterocycles. The number of nitrogens with two attached hydrogens (primary N) is 1. The molecule has 0 aromatic carbocycles. The molecule has 142 valence electrons. The predicted molar refractivity (Wildman–Crippen MR) is 89.3 cm³/mol. The second-order valence-corrected chi connectivity index (χ2v) is 6.61. The highest BCUT2D eigenvalue weighted by molar-refractivity contribution is 5.94. The fraction of sp³-hybridized carbons (Fsp3) is 0.667. The van der Waals surface area contributed by atoms with Crippen molar-refractivity contribution < 1.29 is 19.3 Å². The number of aromatic nitrogens is 2. The first kappa shape index (κ1) is 18.1. The maximum Gasteiger partial charge on any atom is 0.436 e. The van der Waals surface area contributed by atoms with Gasteiger partial charge < -0.3 is 16.0 Å². The van der Waals surface area contributed by atoms with Gasteiger partial charge in [-0.25, -0.2) is 4.79 Å². The fourth-order valence-corrected chi connectivity index (χ4v) is 3.72. The van der Waals surface area contributed by atoms with Gasteiger partial charge >= 0.3 is 11.8 Å². The van der Waals surface area contributed by atoms with Gasteiger partial charge in [0, 0.05) is 19.6 Å². The third-order valence-corrected chi connectivity index (χ3v) is 4.99. The number of hydrogen-bond donors (Lipinski definition) is 2. The SMILES string of the molecule is NC(=O)c1nn(OC(=O)N2CCNCC2C2CCCCC2)cc1[N+](=O)[O-]. The first-order valence-corrected chi connectivity index (χ1v) is 8.71. The molecular weight excluding hydrogens is 344 g/mol. The minimum atomic E-state index is -1.06. The van der Waals surface area contributed by atoms with Crippen molar-refractivity contribution in [3.63, 3.8) is 0 Å². The minimum Gasteiger partial charge on any atom is -0.364 e. The number of nitro groups is 1. The van der Waals surface area contributed by atoms with E-state index in [1.54, 1.807) is 4.90 Å². The van der Waals surface area contributed by atoms with Gasteiger partial charge in [0.25, 0.3) is 5.91 Å². The van der Waals surface area contributed by atoms with E-state index < -0.39 is 28.3 Å². The molecular formula is C15H22N6O5. The summed E-state index contributed by atoms with van der Waals surface area (Å²) in [6.07, 6.45) is 5.87. The normalized spacial score (nSPS) is 21.4. The Morgan fingerprint density at radius 2 is 2.08 bits per heavy atom. The van der Waals surface area contributed by atoms with Gasteiger partial charge in [-0.05, 0) is 18.8 Å². The number of hydrogen-bond acceptors (Lipinski definition) is 7. The van der Waals surface area contributed by atoms with Crippen LogP contribution < -0.4 is 15.9 Å². The summed E-state index contributed by atoms with van der Waals surface area (Å²) < 4.78 is 0. The van der Waals surface area contributed by atoms with Crippen molar-refractivity contribution in [2.45, 2.75) is 38.1 Å². The molecule has 2 aliphatic rings. The van der Waals surface area contributed by atoms with Crippen molar-refractivity contribution >= 4 is 17.7 Å². The highest BCUT2D eigenvalue weighted by Crippen LogP contribution is 2.29. The monoisotopic (exact) mass is 366 g/mol. The lowest BCUT2D eigenvalue weighted by Gasteiger charge is -2.41. The van der Waals surface area contributed by atoms with Crippen LogP contribution in [0.3, 0.4) is 0 Å². The Labute approximate surface area is 149 Å². The van der Waals surface area contributed by atoms with E-state index in [2.05, 4.69) is 10.4 Å². The molecule has 3 N–H and O–H groups in total. The zero-order valence-corrected chi connectivity index (χ0v) is 14.3. The zero-order valence-electron chi connectivity index (χ0n) is 14.3. The molecule has 1 aliphatic carbocycles. The molecule has 0 spiro atoms. The smallest absolute Gasteiger partial charge is 0.364 e. The fourth-order valence-electron chi connectivity index (χ4n) is 3.72. The molecule has 3 rings (SSSR count). The molecule has 1 aliphatic heterocycles. The van der Waals surface area contributed by atoms with Crippen LogP contribution >= 0.6 is 0 Å². The van der Waals surface area contributed by atoms with Crippen LogP contribution in [0.25, 0.3) is 0 Å². The van der Waals surface area contributed by atoms with Crippen LogP contribution in [0.4, 0.5) is 10.5 Å². The second kappa shape index (κ2) is 7.68. The van der Waals surface area contributed by atoms with Crippen LogP contribution in [0.1, 0.15) is 42.6 Å². The number of nitrogens with one attached hydrogen (secondary N) is 1. The number of nitrogens with zero attached hydrogens (tertiary/aromatic N) is 4. The summed E-state index contributed by atoms with van der Waals surface area (Å²) in [6, 6.07) is 0.0118. The van der Waals surface area contributed by atoms with Crippen molar-refractivity contribution in [3.8, 4) is 0 Å². The number of carbonyl (C=O) groups excluding carboxylic acids is 2. The summed E-state index contributed by atoms with van der Waals surface area (Å²) in [5, 5.41) is 17.9. The maximum atomic E-state index is 12.6. The van der Waals surface area contributed by atoms with Gasteiger partial charge in [0.2, 0.25) is 5.69 Å². The third-order valence-electron chi connectivity index (χ3n) is 4.99. The van der Waals surface area contributed by atoms with Crippen LogP contribution in [0, 0.1) is 16.0 Å². The van der Waals surface area contributed by atoms with E-state index in [1.165, 1.54) is 6.42 Å². The molecule has 1 aromatic rings. The van der Waals surface area contributed by atoms with E-state index in [-0.39, 0.29) is 6.04 Å². The lowest BCUT2D eigenvalue weighted by Crippen LogP contribution is -2.58. The Kier molecular flexibility index (Phi) is 5.35. The molecule has 0 bridgehead atoms. The van der Waals surface area contributed by atoms with E-state index in [4.69, 9.17) is 10.6 Å². The Hall–Kier alpha value is -2.69. The van der Waals surface area contributed by atoms with Crippen LogP contribution in [-0.2, 0) is 0 Å². The highest BCUT2D eigenvalue weighted by Gasteiger charge is 2.35. The van der Waals surface area contributed by atoms with Crippen LogP contribution in [0.5, 0.6) is 0 Å². The van der Waals surface area contributed by atoms with E-state index in [0.717, 1.165) is 31.9 Å². The van der Waals surface area contributed by atoms with Crippen LogP contribution in [-0.4, -0.2) is 57.4 Å². The predicted octanol–water partition coefficient (Wildman–Crippen LogP) is 0.293. The van der Waals surface area contributed by atoms with Gasteiger partial charge in [-0.3, -0.25) is 19.7 Å². The summed E-state index contributed by atoms with van der Waals surface area (Å²) in [4.78, 5) is 41.5. The Balaban J connectivity index is 1.74. The van der Waals surface area contributed by atoms with Crippen molar-refractivity contribution in [1.29, 1.82) is 0 Å². The lowest BCUT2D eigenvalue weighted by molar-refractivity contribution is -0.385. The van der Waals surface area contributed by atoms with Crippen molar-refractivity contribution in [1.82, 2.24) is 20.2 Å². The molecule has 11 heteroatoms. The van der Waals surface area contributed by atoms with Crippen molar-refractivity contribution in [2.24, 2.45) is 11.7 Å². The van der Waals surface area contributed by atoms with E-state index in [1.807, 2.05) is 0 Å². The first-order valence-electron chi connectivity index (χ1n) is 8.71. The molecule has 1 saturated heterocycles. The topological polar surface area (TPSA) is 146 Å². The molecule has 2 amide bonds. The maximum absolute atomic E-state index is 12.6. The quantitative estimate of drug-likeness (QED) is 0.575. The van der Waals surface area contributed by atoms with Gasteiger partial charge in [0.15, 0.2) is 0 Å². The summed E-state index contributed by atoms with van der Waals surface area (Å²) >= 11 is 0. The second-order valence-electron chi connectivity index (χ2n) is 6.61. The van der Waals surface area contributed by atoms with E-state index in [9.17, 15) is 19.7 Å². The molecule has 1 aromatic heterocycles. The molecule has 0 radical (unpaired) electrons. The average molecular weight is 366 g/mol. The summed E-state index contributed by atoms with van der Waals surface area (Å²) in [5.41, 5.74) is 3.93. The van der Waals surface area contributed by atoms with Gasteiger partial charge in [-0.1, -0.05) is 24.1 Å². The highest BCUT2D eigenvalue weighted by atomic mass is 16.7. The molecule has 11 nitrogen and oxygen atoms in total.